The van der Waals surface area contributed by atoms with Crippen LogP contribution in [-0.2, 0) is 9.59 Å². The first-order chi connectivity index (χ1) is 13.7. The quantitative estimate of drug-likeness (QED) is 0.800. The third kappa shape index (κ3) is 5.03. The summed E-state index contributed by atoms with van der Waals surface area (Å²) in [6, 6.07) is 15.7. The molecule has 1 aliphatic heterocycles. The fourth-order valence-electron chi connectivity index (χ4n) is 3.31. The van der Waals surface area contributed by atoms with Crippen LogP contribution in [0.15, 0.2) is 54.6 Å². The SMILES string of the molecule is COc1ccccc1OCC(=O)N[C@@H](C(=O)N1CCCCC1)c1ccccc1. The smallest absolute Gasteiger partial charge is 0.258 e. The van der Waals surface area contributed by atoms with E-state index in [0.717, 1.165) is 37.9 Å². The number of ether oxygens (including phenoxy) is 2. The minimum absolute atomic E-state index is 0.0726. The maximum Gasteiger partial charge on any atom is 0.258 e. The molecule has 6 nitrogen and oxygen atoms in total. The molecule has 2 aromatic carbocycles. The molecule has 148 valence electrons. The molecule has 0 aliphatic carbocycles. The summed E-state index contributed by atoms with van der Waals surface area (Å²) in [4.78, 5) is 27.4. The lowest BCUT2D eigenvalue weighted by molar-refractivity contribution is -0.137. The van der Waals surface area contributed by atoms with Crippen LogP contribution in [0.25, 0.3) is 0 Å². The Labute approximate surface area is 165 Å². The lowest BCUT2D eigenvalue weighted by Gasteiger charge is -2.31. The van der Waals surface area contributed by atoms with Gasteiger partial charge in [-0.3, -0.25) is 9.59 Å². The predicted molar refractivity (Wildman–Crippen MR) is 106 cm³/mol. The van der Waals surface area contributed by atoms with Gasteiger partial charge in [0.15, 0.2) is 18.1 Å². The fraction of sp³-hybridized carbons (Fsp3) is 0.364. The van der Waals surface area contributed by atoms with Crippen molar-refractivity contribution in [3.05, 3.63) is 60.2 Å². The molecule has 0 saturated carbocycles. The van der Waals surface area contributed by atoms with E-state index >= 15 is 0 Å². The van der Waals surface area contributed by atoms with Crippen LogP contribution in [-0.4, -0.2) is 43.5 Å². The van der Waals surface area contributed by atoms with E-state index < -0.39 is 6.04 Å². The summed E-state index contributed by atoms with van der Waals surface area (Å²) in [5.41, 5.74) is 0.767. The number of piperidine rings is 1. The summed E-state index contributed by atoms with van der Waals surface area (Å²) >= 11 is 0. The molecule has 2 amide bonds. The van der Waals surface area contributed by atoms with Crippen LogP contribution in [0.2, 0.25) is 0 Å². The van der Waals surface area contributed by atoms with Crippen LogP contribution in [0.5, 0.6) is 11.5 Å². The molecule has 2 aromatic rings. The molecular weight excluding hydrogens is 356 g/mol. The maximum absolute atomic E-state index is 13.1. The highest BCUT2D eigenvalue weighted by Crippen LogP contribution is 2.25. The summed E-state index contributed by atoms with van der Waals surface area (Å²) in [6.07, 6.45) is 3.13. The second-order valence-corrected chi connectivity index (χ2v) is 6.74. The molecule has 0 radical (unpaired) electrons. The molecule has 28 heavy (non-hydrogen) atoms. The van der Waals surface area contributed by atoms with Crippen molar-refractivity contribution in [2.45, 2.75) is 25.3 Å². The van der Waals surface area contributed by atoms with Crippen molar-refractivity contribution >= 4 is 11.8 Å². The molecule has 1 aliphatic rings. The van der Waals surface area contributed by atoms with Crippen molar-refractivity contribution in [2.75, 3.05) is 26.8 Å². The Morgan fingerprint density at radius 2 is 1.61 bits per heavy atom. The Balaban J connectivity index is 1.68. The normalized spacial score (nSPS) is 14.8. The van der Waals surface area contributed by atoms with Gasteiger partial charge in [-0.15, -0.1) is 0 Å². The Bertz CT molecular complexity index is 788. The topological polar surface area (TPSA) is 67.9 Å². The summed E-state index contributed by atoms with van der Waals surface area (Å²) in [6.45, 7) is 1.27. The molecule has 3 rings (SSSR count). The molecule has 1 saturated heterocycles. The zero-order valence-corrected chi connectivity index (χ0v) is 16.1. The largest absolute Gasteiger partial charge is 0.493 e. The van der Waals surface area contributed by atoms with Gasteiger partial charge in [-0.1, -0.05) is 42.5 Å². The third-order valence-electron chi connectivity index (χ3n) is 4.78. The average Bonchev–Trinajstić information content (AvgIpc) is 2.77. The van der Waals surface area contributed by atoms with E-state index in [1.54, 1.807) is 19.2 Å². The van der Waals surface area contributed by atoms with Gasteiger partial charge in [0, 0.05) is 13.1 Å². The molecular formula is C22H26N2O4. The average molecular weight is 382 g/mol. The number of hydrogen-bond acceptors (Lipinski definition) is 4. The van der Waals surface area contributed by atoms with Gasteiger partial charge in [-0.2, -0.15) is 0 Å². The number of likely N-dealkylation sites (tertiary alicyclic amines) is 1. The van der Waals surface area contributed by atoms with Crippen LogP contribution < -0.4 is 14.8 Å². The molecule has 1 atom stereocenters. The first-order valence-corrected chi connectivity index (χ1v) is 9.58. The molecule has 1 N–H and O–H groups in total. The monoisotopic (exact) mass is 382 g/mol. The van der Waals surface area contributed by atoms with E-state index in [9.17, 15) is 9.59 Å². The highest BCUT2D eigenvalue weighted by molar-refractivity contribution is 5.89. The summed E-state index contributed by atoms with van der Waals surface area (Å²) in [7, 11) is 1.55. The van der Waals surface area contributed by atoms with E-state index in [1.807, 2.05) is 47.4 Å². The zero-order chi connectivity index (χ0) is 19.8. The highest BCUT2D eigenvalue weighted by Gasteiger charge is 2.28. The van der Waals surface area contributed by atoms with Crippen LogP contribution >= 0.6 is 0 Å². The molecule has 0 unspecified atom stereocenters. The number of nitrogens with zero attached hydrogens (tertiary/aromatic N) is 1. The fourth-order valence-corrected chi connectivity index (χ4v) is 3.31. The van der Waals surface area contributed by atoms with Crippen molar-refractivity contribution < 1.29 is 19.1 Å². The molecule has 0 spiro atoms. The van der Waals surface area contributed by atoms with E-state index in [-0.39, 0.29) is 18.4 Å². The Kier molecular flexibility index (Phi) is 6.89. The molecule has 0 bridgehead atoms. The standard InChI is InChI=1S/C22H26N2O4/c1-27-18-12-6-7-13-19(18)28-16-20(25)23-21(17-10-4-2-5-11-17)22(26)24-14-8-3-9-15-24/h2,4-7,10-13,21H,3,8-9,14-16H2,1H3,(H,23,25)/t21-/m1/s1. The maximum atomic E-state index is 13.1. The van der Waals surface area contributed by atoms with Crippen molar-refractivity contribution in [1.82, 2.24) is 10.2 Å². The zero-order valence-electron chi connectivity index (χ0n) is 16.1. The summed E-state index contributed by atoms with van der Waals surface area (Å²) in [5, 5.41) is 2.84. The molecule has 6 heteroatoms. The van der Waals surface area contributed by atoms with Gasteiger partial charge in [0.25, 0.3) is 5.91 Å². The molecule has 0 aromatic heterocycles. The Morgan fingerprint density at radius 3 is 2.29 bits per heavy atom. The van der Waals surface area contributed by atoms with Crippen molar-refractivity contribution in [3.63, 3.8) is 0 Å². The van der Waals surface area contributed by atoms with Gasteiger partial charge in [-0.05, 0) is 37.0 Å². The lowest BCUT2D eigenvalue weighted by atomic mass is 10.0. The Hall–Kier alpha value is -3.02. The number of rotatable bonds is 7. The first-order valence-electron chi connectivity index (χ1n) is 9.58. The van der Waals surface area contributed by atoms with Crippen LogP contribution in [0.1, 0.15) is 30.9 Å². The van der Waals surface area contributed by atoms with E-state index in [2.05, 4.69) is 5.32 Å². The van der Waals surface area contributed by atoms with Crippen LogP contribution in [0.3, 0.4) is 0 Å². The number of hydrogen-bond donors (Lipinski definition) is 1. The number of carbonyl (C=O) groups excluding carboxylic acids is 2. The third-order valence-corrected chi connectivity index (χ3v) is 4.78. The van der Waals surface area contributed by atoms with E-state index in [4.69, 9.17) is 9.47 Å². The van der Waals surface area contributed by atoms with E-state index in [1.165, 1.54) is 0 Å². The first kappa shape index (κ1) is 19.7. The number of benzene rings is 2. The van der Waals surface area contributed by atoms with Gasteiger partial charge in [0.2, 0.25) is 5.91 Å². The van der Waals surface area contributed by atoms with Gasteiger partial charge in [0.1, 0.15) is 6.04 Å². The highest BCUT2D eigenvalue weighted by atomic mass is 16.5. The van der Waals surface area contributed by atoms with Crippen molar-refractivity contribution in [2.24, 2.45) is 0 Å². The number of methoxy groups -OCH3 is 1. The summed E-state index contributed by atoms with van der Waals surface area (Å²) in [5.74, 6) is 0.611. The number of carbonyl (C=O) groups is 2. The molecule has 1 heterocycles. The molecule has 1 fully saturated rings. The van der Waals surface area contributed by atoms with Gasteiger partial charge in [0.05, 0.1) is 7.11 Å². The second-order valence-electron chi connectivity index (χ2n) is 6.74. The van der Waals surface area contributed by atoms with Crippen molar-refractivity contribution in [3.8, 4) is 11.5 Å². The lowest BCUT2D eigenvalue weighted by Crippen LogP contribution is -2.45. The van der Waals surface area contributed by atoms with Gasteiger partial charge < -0.3 is 19.7 Å². The van der Waals surface area contributed by atoms with Crippen molar-refractivity contribution in [1.29, 1.82) is 0 Å². The minimum Gasteiger partial charge on any atom is -0.493 e. The minimum atomic E-state index is -0.715. The van der Waals surface area contributed by atoms with Gasteiger partial charge >= 0.3 is 0 Å². The second kappa shape index (κ2) is 9.78. The van der Waals surface area contributed by atoms with Crippen LogP contribution in [0, 0.1) is 0 Å². The van der Waals surface area contributed by atoms with Gasteiger partial charge in [-0.25, -0.2) is 0 Å². The van der Waals surface area contributed by atoms with E-state index in [0.29, 0.717) is 11.5 Å². The van der Waals surface area contributed by atoms with Crippen LogP contribution in [0.4, 0.5) is 0 Å². The summed E-state index contributed by atoms with van der Waals surface area (Å²) < 4.78 is 10.8. The number of para-hydroxylation sites is 2. The Morgan fingerprint density at radius 1 is 0.964 bits per heavy atom. The predicted octanol–water partition coefficient (Wildman–Crippen LogP) is 2.94. The number of nitrogens with one attached hydrogen (secondary N) is 1. The number of amides is 2.